The summed E-state index contributed by atoms with van der Waals surface area (Å²) in [6.45, 7) is 0. The second-order valence-corrected chi connectivity index (χ2v) is 4.44. The van der Waals surface area contributed by atoms with Gasteiger partial charge in [-0.3, -0.25) is 4.68 Å². The Bertz CT molecular complexity index is 492. The molecule has 1 unspecified atom stereocenters. The van der Waals surface area contributed by atoms with E-state index in [0.29, 0.717) is 15.7 Å². The Labute approximate surface area is 101 Å². The van der Waals surface area contributed by atoms with Gasteiger partial charge in [0.15, 0.2) is 0 Å². The smallest absolute Gasteiger partial charge is 0.124 e. The third-order valence-corrected chi connectivity index (χ3v) is 2.67. The van der Waals surface area contributed by atoms with Crippen molar-refractivity contribution in [2.45, 2.75) is 6.10 Å². The van der Waals surface area contributed by atoms with Crippen molar-refractivity contribution in [1.29, 1.82) is 0 Å². The lowest BCUT2D eigenvalue weighted by Gasteiger charge is -2.08. The molecule has 0 aliphatic rings. The highest BCUT2D eigenvalue weighted by Crippen LogP contribution is 2.24. The first-order valence-corrected chi connectivity index (χ1v) is 5.49. The van der Waals surface area contributed by atoms with Crippen LogP contribution in [0.4, 0.5) is 4.39 Å². The van der Waals surface area contributed by atoms with Crippen molar-refractivity contribution >= 4 is 15.9 Å². The van der Waals surface area contributed by atoms with Crippen LogP contribution in [0.2, 0.25) is 0 Å². The topological polar surface area (TPSA) is 38.0 Å². The SMILES string of the molecule is Cn1ccc(C(O)c2cc(F)cc(Br)c2)n1. The number of aliphatic hydroxyl groups is 1. The highest BCUT2D eigenvalue weighted by molar-refractivity contribution is 9.10. The first kappa shape index (κ1) is 11.3. The summed E-state index contributed by atoms with van der Waals surface area (Å²) >= 11 is 3.18. The van der Waals surface area contributed by atoms with Crippen LogP contribution in [-0.4, -0.2) is 14.9 Å². The summed E-state index contributed by atoms with van der Waals surface area (Å²) in [6.07, 6.45) is 0.820. The van der Waals surface area contributed by atoms with Gasteiger partial charge in [0.2, 0.25) is 0 Å². The molecule has 1 heterocycles. The van der Waals surface area contributed by atoms with E-state index in [1.54, 1.807) is 30.1 Å². The minimum absolute atomic E-state index is 0.389. The first-order chi connectivity index (χ1) is 7.56. The van der Waals surface area contributed by atoms with Crippen molar-refractivity contribution in [1.82, 2.24) is 9.78 Å². The van der Waals surface area contributed by atoms with Gasteiger partial charge in [0.25, 0.3) is 0 Å². The lowest BCUT2D eigenvalue weighted by atomic mass is 10.1. The molecule has 0 saturated heterocycles. The number of aromatic nitrogens is 2. The summed E-state index contributed by atoms with van der Waals surface area (Å²) < 4.78 is 15.3. The molecule has 1 aromatic heterocycles. The molecule has 0 aliphatic heterocycles. The number of rotatable bonds is 2. The molecular weight excluding hydrogens is 275 g/mol. The summed E-state index contributed by atoms with van der Waals surface area (Å²) in [5, 5.41) is 14.1. The van der Waals surface area contributed by atoms with Crippen LogP contribution in [0.5, 0.6) is 0 Å². The van der Waals surface area contributed by atoms with Crippen molar-refractivity contribution in [3.05, 3.63) is 52.0 Å². The maximum atomic E-state index is 13.1. The summed E-state index contributed by atoms with van der Waals surface area (Å²) in [7, 11) is 1.76. The highest BCUT2D eigenvalue weighted by Gasteiger charge is 2.14. The molecule has 16 heavy (non-hydrogen) atoms. The predicted octanol–water partition coefficient (Wildman–Crippen LogP) is 2.40. The Morgan fingerprint density at radius 1 is 1.44 bits per heavy atom. The fourth-order valence-corrected chi connectivity index (χ4v) is 1.97. The Kier molecular flexibility index (Phi) is 3.07. The van der Waals surface area contributed by atoms with Gasteiger partial charge in [0, 0.05) is 17.7 Å². The van der Waals surface area contributed by atoms with Gasteiger partial charge >= 0.3 is 0 Å². The van der Waals surface area contributed by atoms with E-state index in [0.717, 1.165) is 0 Å². The second kappa shape index (κ2) is 4.35. The first-order valence-electron chi connectivity index (χ1n) is 4.70. The number of hydrogen-bond acceptors (Lipinski definition) is 2. The van der Waals surface area contributed by atoms with Gasteiger partial charge in [0.05, 0.1) is 5.69 Å². The van der Waals surface area contributed by atoms with Crippen LogP contribution >= 0.6 is 15.9 Å². The van der Waals surface area contributed by atoms with Gasteiger partial charge in [-0.05, 0) is 29.8 Å². The van der Waals surface area contributed by atoms with Gasteiger partial charge < -0.3 is 5.11 Å². The fraction of sp³-hybridized carbons (Fsp3) is 0.182. The minimum atomic E-state index is -0.909. The molecule has 0 saturated carbocycles. The molecule has 2 aromatic rings. The van der Waals surface area contributed by atoms with E-state index in [-0.39, 0.29) is 5.82 Å². The molecule has 0 fully saturated rings. The molecule has 2 rings (SSSR count). The molecule has 0 spiro atoms. The number of benzene rings is 1. The lowest BCUT2D eigenvalue weighted by Crippen LogP contribution is -2.02. The third kappa shape index (κ3) is 2.31. The van der Waals surface area contributed by atoms with Crippen molar-refractivity contribution in [3.8, 4) is 0 Å². The maximum absolute atomic E-state index is 13.1. The zero-order valence-corrected chi connectivity index (χ0v) is 10.1. The van der Waals surface area contributed by atoms with Crippen LogP contribution < -0.4 is 0 Å². The Hall–Kier alpha value is -1.20. The minimum Gasteiger partial charge on any atom is -0.382 e. The van der Waals surface area contributed by atoms with E-state index in [1.807, 2.05) is 0 Å². The molecule has 1 aromatic carbocycles. The number of halogens is 2. The van der Waals surface area contributed by atoms with Gasteiger partial charge in [-0.1, -0.05) is 15.9 Å². The molecule has 3 nitrogen and oxygen atoms in total. The molecule has 0 radical (unpaired) electrons. The third-order valence-electron chi connectivity index (χ3n) is 2.22. The number of aryl methyl sites for hydroxylation is 1. The molecule has 1 atom stereocenters. The van der Waals surface area contributed by atoms with E-state index in [4.69, 9.17) is 0 Å². The van der Waals surface area contributed by atoms with E-state index in [1.165, 1.54) is 12.1 Å². The van der Waals surface area contributed by atoms with Crippen LogP contribution in [-0.2, 0) is 7.05 Å². The summed E-state index contributed by atoms with van der Waals surface area (Å²) in [4.78, 5) is 0. The average molecular weight is 285 g/mol. The zero-order valence-electron chi connectivity index (χ0n) is 8.56. The fourth-order valence-electron chi connectivity index (χ4n) is 1.48. The molecule has 0 amide bonds. The maximum Gasteiger partial charge on any atom is 0.124 e. The summed E-state index contributed by atoms with van der Waals surface area (Å²) in [5.41, 5.74) is 0.977. The lowest BCUT2D eigenvalue weighted by molar-refractivity contribution is 0.213. The highest BCUT2D eigenvalue weighted by atomic mass is 79.9. The van der Waals surface area contributed by atoms with Crippen LogP contribution in [0.15, 0.2) is 34.9 Å². The Morgan fingerprint density at radius 2 is 2.19 bits per heavy atom. The van der Waals surface area contributed by atoms with Crippen molar-refractivity contribution in [2.24, 2.45) is 7.05 Å². The van der Waals surface area contributed by atoms with Gasteiger partial charge in [-0.2, -0.15) is 5.10 Å². The molecule has 84 valence electrons. The van der Waals surface area contributed by atoms with E-state index < -0.39 is 6.10 Å². The summed E-state index contributed by atoms with van der Waals surface area (Å²) in [6, 6.07) is 6.00. The predicted molar refractivity (Wildman–Crippen MR) is 61.4 cm³/mol. The monoisotopic (exact) mass is 284 g/mol. The van der Waals surface area contributed by atoms with Crippen molar-refractivity contribution in [3.63, 3.8) is 0 Å². The quantitative estimate of drug-likeness (QED) is 0.920. The largest absolute Gasteiger partial charge is 0.382 e. The van der Waals surface area contributed by atoms with Crippen LogP contribution in [0.3, 0.4) is 0 Å². The number of aliphatic hydroxyl groups excluding tert-OH is 1. The van der Waals surface area contributed by atoms with Crippen molar-refractivity contribution < 1.29 is 9.50 Å². The van der Waals surface area contributed by atoms with Crippen LogP contribution in [0, 0.1) is 5.82 Å². The average Bonchev–Trinajstić information content (AvgIpc) is 2.62. The molecule has 0 aliphatic carbocycles. The van der Waals surface area contributed by atoms with Gasteiger partial charge in [-0.15, -0.1) is 0 Å². The van der Waals surface area contributed by atoms with Gasteiger partial charge in [-0.25, -0.2) is 4.39 Å². The Morgan fingerprint density at radius 3 is 2.75 bits per heavy atom. The van der Waals surface area contributed by atoms with Gasteiger partial charge in [0.1, 0.15) is 11.9 Å². The number of hydrogen-bond donors (Lipinski definition) is 1. The molecule has 0 bridgehead atoms. The standard InChI is InChI=1S/C11H10BrFN2O/c1-15-3-2-10(14-15)11(16)7-4-8(12)6-9(13)5-7/h2-6,11,16H,1H3. The zero-order chi connectivity index (χ0) is 11.7. The Balaban J connectivity index is 2.37. The molecular formula is C11H10BrFN2O. The van der Waals surface area contributed by atoms with E-state index >= 15 is 0 Å². The van der Waals surface area contributed by atoms with Crippen LogP contribution in [0.25, 0.3) is 0 Å². The normalized spacial score (nSPS) is 12.8. The number of nitrogens with zero attached hydrogens (tertiary/aromatic N) is 2. The summed E-state index contributed by atoms with van der Waals surface area (Å²) in [5.74, 6) is -0.389. The molecule has 5 heteroatoms. The van der Waals surface area contributed by atoms with E-state index in [9.17, 15) is 9.50 Å². The van der Waals surface area contributed by atoms with Crippen LogP contribution in [0.1, 0.15) is 17.4 Å². The van der Waals surface area contributed by atoms with Crippen molar-refractivity contribution in [2.75, 3.05) is 0 Å². The molecule has 1 N–H and O–H groups in total. The second-order valence-electron chi connectivity index (χ2n) is 3.52. The van der Waals surface area contributed by atoms with E-state index in [2.05, 4.69) is 21.0 Å².